The number of likely N-dealkylation sites (N-methyl/N-ethyl adjacent to an activating group) is 1. The summed E-state index contributed by atoms with van der Waals surface area (Å²) in [7, 11) is 2.15. The number of hydrogen-bond donors (Lipinski definition) is 1. The average molecular weight is 270 g/mol. The van der Waals surface area contributed by atoms with Crippen molar-refractivity contribution >= 4 is 0 Å². The van der Waals surface area contributed by atoms with Gasteiger partial charge in [-0.3, -0.25) is 0 Å². The molecule has 2 unspecified atom stereocenters. The zero-order chi connectivity index (χ0) is 13.9. The van der Waals surface area contributed by atoms with E-state index in [4.69, 9.17) is 10.5 Å². The molecule has 0 radical (unpaired) electrons. The van der Waals surface area contributed by atoms with Gasteiger partial charge in [-0.2, -0.15) is 0 Å². The lowest BCUT2D eigenvalue weighted by atomic mass is 10.0. The van der Waals surface area contributed by atoms with E-state index in [2.05, 4.69) is 18.9 Å². The van der Waals surface area contributed by atoms with Crippen LogP contribution in [0.3, 0.4) is 0 Å². The summed E-state index contributed by atoms with van der Waals surface area (Å²) >= 11 is 0. The van der Waals surface area contributed by atoms with Crippen molar-refractivity contribution in [2.45, 2.75) is 76.9 Å². The quantitative estimate of drug-likeness (QED) is 0.620. The average Bonchev–Trinajstić information content (AvgIpc) is 2.41. The van der Waals surface area contributed by atoms with Gasteiger partial charge in [0.05, 0.1) is 12.7 Å². The third-order valence-electron chi connectivity index (χ3n) is 4.17. The highest BCUT2D eigenvalue weighted by atomic mass is 16.5. The number of hydrogen-bond acceptors (Lipinski definition) is 3. The van der Waals surface area contributed by atoms with Crippen LogP contribution in [0.25, 0.3) is 0 Å². The van der Waals surface area contributed by atoms with Crippen molar-refractivity contribution in [3.8, 4) is 0 Å². The Labute approximate surface area is 119 Å². The third-order valence-corrected chi connectivity index (χ3v) is 4.17. The van der Waals surface area contributed by atoms with Gasteiger partial charge in [0.1, 0.15) is 0 Å². The van der Waals surface area contributed by atoms with Crippen LogP contribution < -0.4 is 5.73 Å². The summed E-state index contributed by atoms with van der Waals surface area (Å²) in [6.07, 6.45) is 12.3. The minimum atomic E-state index is 0.225. The first kappa shape index (κ1) is 16.9. The molecule has 0 bridgehead atoms. The molecule has 0 aromatic carbocycles. The van der Waals surface area contributed by atoms with Crippen LogP contribution in [-0.4, -0.2) is 43.8 Å². The van der Waals surface area contributed by atoms with E-state index in [-0.39, 0.29) is 12.1 Å². The fourth-order valence-corrected chi connectivity index (χ4v) is 2.77. The van der Waals surface area contributed by atoms with Gasteiger partial charge in [-0.1, -0.05) is 58.3 Å². The van der Waals surface area contributed by atoms with Crippen molar-refractivity contribution < 1.29 is 4.74 Å². The Morgan fingerprint density at radius 1 is 1.11 bits per heavy atom. The second-order valence-electron chi connectivity index (χ2n) is 6.10. The van der Waals surface area contributed by atoms with E-state index in [1.54, 1.807) is 0 Å². The van der Waals surface area contributed by atoms with Crippen LogP contribution in [0.5, 0.6) is 0 Å². The summed E-state index contributed by atoms with van der Waals surface area (Å²) in [5.41, 5.74) is 6.24. The number of nitrogens with zero attached hydrogens (tertiary/aromatic N) is 1. The van der Waals surface area contributed by atoms with Crippen molar-refractivity contribution in [2.24, 2.45) is 5.73 Å². The van der Waals surface area contributed by atoms with Gasteiger partial charge in [-0.25, -0.2) is 0 Å². The van der Waals surface area contributed by atoms with Crippen LogP contribution in [0, 0.1) is 0 Å². The highest BCUT2D eigenvalue weighted by molar-refractivity contribution is 4.79. The molecule has 3 nitrogen and oxygen atoms in total. The predicted molar refractivity (Wildman–Crippen MR) is 82.4 cm³/mol. The summed E-state index contributed by atoms with van der Waals surface area (Å²) in [5, 5.41) is 0. The van der Waals surface area contributed by atoms with Crippen LogP contribution >= 0.6 is 0 Å². The normalized spacial score (nSPS) is 22.6. The van der Waals surface area contributed by atoms with E-state index in [0.29, 0.717) is 0 Å². The van der Waals surface area contributed by atoms with Gasteiger partial charge in [-0.05, 0) is 13.5 Å². The Balaban J connectivity index is 1.93. The molecule has 1 rings (SSSR count). The maximum absolute atomic E-state index is 6.24. The standard InChI is InChI=1S/C16H34N2O/c1-3-4-5-6-7-8-9-10-11-15(17)16-14-18(2)12-13-19-16/h15-16H,3-14,17H2,1-2H3. The molecule has 2 atom stereocenters. The fourth-order valence-electron chi connectivity index (χ4n) is 2.77. The number of nitrogens with two attached hydrogens (primary N) is 1. The van der Waals surface area contributed by atoms with Crippen LogP contribution in [-0.2, 0) is 4.74 Å². The van der Waals surface area contributed by atoms with Gasteiger partial charge >= 0.3 is 0 Å². The molecule has 0 spiro atoms. The summed E-state index contributed by atoms with van der Waals surface area (Å²) < 4.78 is 5.77. The Morgan fingerprint density at radius 3 is 2.37 bits per heavy atom. The Kier molecular flexibility index (Phi) is 9.48. The molecule has 1 aliphatic heterocycles. The lowest BCUT2D eigenvalue weighted by molar-refractivity contribution is -0.0335. The monoisotopic (exact) mass is 270 g/mol. The Bertz CT molecular complexity index is 211. The topological polar surface area (TPSA) is 38.5 Å². The van der Waals surface area contributed by atoms with Gasteiger partial charge in [0.2, 0.25) is 0 Å². The molecule has 1 fully saturated rings. The highest BCUT2D eigenvalue weighted by Gasteiger charge is 2.23. The van der Waals surface area contributed by atoms with E-state index < -0.39 is 0 Å². The van der Waals surface area contributed by atoms with E-state index in [0.717, 1.165) is 26.1 Å². The molecule has 1 saturated heterocycles. The minimum Gasteiger partial charge on any atom is -0.374 e. The lowest BCUT2D eigenvalue weighted by Crippen LogP contribution is -2.49. The molecule has 3 heteroatoms. The number of rotatable bonds is 10. The molecule has 0 aromatic rings. The van der Waals surface area contributed by atoms with Crippen LogP contribution in [0.1, 0.15) is 64.7 Å². The summed E-state index contributed by atoms with van der Waals surface area (Å²) in [6, 6.07) is 0.225. The second-order valence-corrected chi connectivity index (χ2v) is 6.10. The van der Waals surface area contributed by atoms with E-state index >= 15 is 0 Å². The first-order valence-electron chi connectivity index (χ1n) is 8.29. The molecule has 0 amide bonds. The lowest BCUT2D eigenvalue weighted by Gasteiger charge is -2.33. The number of ether oxygens (including phenoxy) is 1. The van der Waals surface area contributed by atoms with Gasteiger partial charge in [0.15, 0.2) is 0 Å². The van der Waals surface area contributed by atoms with Gasteiger partial charge in [0, 0.05) is 19.1 Å². The molecule has 19 heavy (non-hydrogen) atoms. The molecule has 1 aliphatic rings. The molecule has 0 aromatic heterocycles. The van der Waals surface area contributed by atoms with Gasteiger partial charge in [0.25, 0.3) is 0 Å². The van der Waals surface area contributed by atoms with Crippen molar-refractivity contribution in [1.29, 1.82) is 0 Å². The molecule has 114 valence electrons. The minimum absolute atomic E-state index is 0.225. The molecule has 0 saturated carbocycles. The van der Waals surface area contributed by atoms with Crippen molar-refractivity contribution in [2.75, 3.05) is 26.7 Å². The molecule has 0 aliphatic carbocycles. The fraction of sp³-hybridized carbons (Fsp3) is 1.00. The van der Waals surface area contributed by atoms with Crippen LogP contribution in [0.15, 0.2) is 0 Å². The van der Waals surface area contributed by atoms with Crippen LogP contribution in [0.4, 0.5) is 0 Å². The summed E-state index contributed by atoms with van der Waals surface area (Å²) in [6.45, 7) is 5.15. The zero-order valence-electron chi connectivity index (χ0n) is 13.1. The van der Waals surface area contributed by atoms with E-state index in [9.17, 15) is 0 Å². The molecular formula is C16H34N2O. The maximum atomic E-state index is 6.24. The van der Waals surface area contributed by atoms with Crippen molar-refractivity contribution in [3.63, 3.8) is 0 Å². The first-order valence-corrected chi connectivity index (χ1v) is 8.29. The molecule has 2 N–H and O–H groups in total. The number of morpholine rings is 1. The second kappa shape index (κ2) is 10.6. The summed E-state index contributed by atoms with van der Waals surface area (Å²) in [4.78, 5) is 2.32. The molecule has 1 heterocycles. The van der Waals surface area contributed by atoms with Crippen LogP contribution in [0.2, 0.25) is 0 Å². The Morgan fingerprint density at radius 2 is 1.74 bits per heavy atom. The Hall–Kier alpha value is -0.120. The van der Waals surface area contributed by atoms with E-state index in [1.807, 2.05) is 0 Å². The number of unbranched alkanes of at least 4 members (excludes halogenated alkanes) is 7. The van der Waals surface area contributed by atoms with Gasteiger partial charge < -0.3 is 15.4 Å². The summed E-state index contributed by atoms with van der Waals surface area (Å²) in [5.74, 6) is 0. The van der Waals surface area contributed by atoms with Gasteiger partial charge in [-0.15, -0.1) is 0 Å². The smallest absolute Gasteiger partial charge is 0.0853 e. The third kappa shape index (κ3) is 7.91. The highest BCUT2D eigenvalue weighted by Crippen LogP contribution is 2.14. The largest absolute Gasteiger partial charge is 0.374 e. The maximum Gasteiger partial charge on any atom is 0.0853 e. The van der Waals surface area contributed by atoms with Crippen molar-refractivity contribution in [3.05, 3.63) is 0 Å². The first-order chi connectivity index (χ1) is 9.24. The van der Waals surface area contributed by atoms with Crippen molar-refractivity contribution in [1.82, 2.24) is 4.90 Å². The van der Waals surface area contributed by atoms with E-state index in [1.165, 1.54) is 51.4 Å². The SMILES string of the molecule is CCCCCCCCCCC(N)C1CN(C)CCO1. The molecular weight excluding hydrogens is 236 g/mol. The predicted octanol–water partition coefficient (Wildman–Crippen LogP) is 3.18. The zero-order valence-corrected chi connectivity index (χ0v) is 13.1.